The summed E-state index contributed by atoms with van der Waals surface area (Å²) < 4.78 is 1.69. The number of nitriles is 1. The monoisotopic (exact) mass is 417 g/mol. The highest BCUT2D eigenvalue weighted by molar-refractivity contribution is 5.83. The number of rotatable bonds is 4. The number of nitrogens with zero attached hydrogens (tertiary/aromatic N) is 5. The zero-order chi connectivity index (χ0) is 22.1. The molecule has 0 aliphatic carbocycles. The van der Waals surface area contributed by atoms with Crippen LogP contribution in [0.3, 0.4) is 0 Å². The largest absolute Gasteiger partial charge is 0.269 e. The van der Waals surface area contributed by atoms with E-state index in [1.165, 1.54) is 12.1 Å². The van der Waals surface area contributed by atoms with Gasteiger partial charge in [-0.25, -0.2) is 9.50 Å². The van der Waals surface area contributed by atoms with Gasteiger partial charge in [-0.2, -0.15) is 5.26 Å². The minimum absolute atomic E-state index is 0.00883. The molecule has 152 valence electrons. The smallest absolute Gasteiger partial charge is 0.258 e. The van der Waals surface area contributed by atoms with E-state index >= 15 is 0 Å². The third-order valence-corrected chi connectivity index (χ3v) is 5.21. The van der Waals surface area contributed by atoms with E-state index in [1.54, 1.807) is 16.6 Å². The molecule has 0 unspecified atom stereocenters. The van der Waals surface area contributed by atoms with Gasteiger partial charge < -0.3 is 0 Å². The summed E-state index contributed by atoms with van der Waals surface area (Å²) in [6, 6.07) is 29.6. The Morgan fingerprint density at radius 1 is 0.844 bits per heavy atom. The molecule has 2 aromatic heterocycles. The van der Waals surface area contributed by atoms with Crippen molar-refractivity contribution in [2.75, 3.05) is 0 Å². The molecule has 0 fully saturated rings. The first-order valence-electron chi connectivity index (χ1n) is 9.85. The molecule has 2 heterocycles. The van der Waals surface area contributed by atoms with Crippen LogP contribution in [0, 0.1) is 21.4 Å². The van der Waals surface area contributed by atoms with Gasteiger partial charge in [-0.3, -0.25) is 10.1 Å². The molecule has 0 radical (unpaired) electrons. The number of hydrogen-bond donors (Lipinski definition) is 0. The number of benzene rings is 3. The van der Waals surface area contributed by atoms with Crippen molar-refractivity contribution in [3.05, 3.63) is 107 Å². The average molecular weight is 417 g/mol. The van der Waals surface area contributed by atoms with E-state index in [2.05, 4.69) is 6.07 Å². The van der Waals surface area contributed by atoms with Crippen LogP contribution in [-0.2, 0) is 0 Å². The van der Waals surface area contributed by atoms with Gasteiger partial charge >= 0.3 is 0 Å². The van der Waals surface area contributed by atoms with E-state index in [0.29, 0.717) is 28.2 Å². The lowest BCUT2D eigenvalue weighted by molar-refractivity contribution is -0.384. The first-order valence-corrected chi connectivity index (χ1v) is 9.85. The van der Waals surface area contributed by atoms with Crippen LogP contribution in [0.2, 0.25) is 0 Å². The van der Waals surface area contributed by atoms with Crippen molar-refractivity contribution < 1.29 is 4.92 Å². The highest BCUT2D eigenvalue weighted by Gasteiger charge is 2.20. The number of pyridine rings is 1. The number of hydrogen-bond acceptors (Lipinski definition) is 5. The Bertz CT molecular complexity index is 1490. The topological polar surface area (TPSA) is 97.1 Å². The van der Waals surface area contributed by atoms with Gasteiger partial charge in [0.1, 0.15) is 11.6 Å². The van der Waals surface area contributed by atoms with Crippen LogP contribution in [0.1, 0.15) is 5.56 Å². The van der Waals surface area contributed by atoms with Crippen LogP contribution >= 0.6 is 0 Å². The fraction of sp³-hybridized carbons (Fsp3) is 0. The van der Waals surface area contributed by atoms with Crippen molar-refractivity contribution in [1.29, 1.82) is 5.26 Å². The molecule has 3 aromatic carbocycles. The maximum Gasteiger partial charge on any atom is 0.269 e. The minimum Gasteiger partial charge on any atom is -0.258 e. The molecule has 0 N–H and O–H groups in total. The number of non-ortho nitro benzene ring substituents is 1. The van der Waals surface area contributed by atoms with Gasteiger partial charge in [-0.15, -0.1) is 5.10 Å². The fourth-order valence-electron chi connectivity index (χ4n) is 3.66. The molecule has 0 atom stereocenters. The predicted molar refractivity (Wildman–Crippen MR) is 121 cm³/mol. The second-order valence-electron chi connectivity index (χ2n) is 7.14. The number of nitro benzene ring substituents is 1. The highest BCUT2D eigenvalue weighted by Crippen LogP contribution is 2.33. The summed E-state index contributed by atoms with van der Waals surface area (Å²) in [5.41, 5.74) is 4.63. The second kappa shape index (κ2) is 7.78. The molecule has 7 heteroatoms. The van der Waals surface area contributed by atoms with Crippen molar-refractivity contribution in [1.82, 2.24) is 14.6 Å². The molecule has 7 nitrogen and oxygen atoms in total. The molecule has 0 aliphatic rings. The first kappa shape index (κ1) is 19.2. The van der Waals surface area contributed by atoms with Gasteiger partial charge in [-0.05, 0) is 23.8 Å². The van der Waals surface area contributed by atoms with E-state index in [0.717, 1.165) is 16.8 Å². The fourth-order valence-corrected chi connectivity index (χ4v) is 3.66. The van der Waals surface area contributed by atoms with Crippen LogP contribution in [-0.4, -0.2) is 19.5 Å². The zero-order valence-electron chi connectivity index (χ0n) is 16.7. The van der Waals surface area contributed by atoms with Crippen LogP contribution in [0.25, 0.3) is 39.4 Å². The molecule has 0 bridgehead atoms. The van der Waals surface area contributed by atoms with Gasteiger partial charge in [0.15, 0.2) is 11.5 Å². The van der Waals surface area contributed by atoms with Crippen molar-refractivity contribution >= 4 is 11.3 Å². The zero-order valence-corrected chi connectivity index (χ0v) is 16.7. The summed E-state index contributed by atoms with van der Waals surface area (Å²) in [5.74, 6) is 0.514. The van der Waals surface area contributed by atoms with Gasteiger partial charge in [0.05, 0.1) is 10.6 Å². The number of aromatic nitrogens is 3. The lowest BCUT2D eigenvalue weighted by Gasteiger charge is -2.11. The molecule has 0 amide bonds. The number of fused-ring (bicyclic) bond motifs is 1. The lowest BCUT2D eigenvalue weighted by atomic mass is 9.98. The quantitative estimate of drug-likeness (QED) is 0.284. The molecule has 0 spiro atoms. The highest BCUT2D eigenvalue weighted by atomic mass is 16.6. The summed E-state index contributed by atoms with van der Waals surface area (Å²) in [6.07, 6.45) is 0. The summed E-state index contributed by atoms with van der Waals surface area (Å²) in [4.78, 5) is 15.3. The standard InChI is InChI=1S/C25H15N5O2/c26-16-22-21(17-11-13-20(14-12-17)30(31)32)15-23(18-7-3-1-4-8-18)29-25(22)27-24(28-29)19-9-5-2-6-10-19/h1-15H. The Labute approximate surface area is 183 Å². The van der Waals surface area contributed by atoms with Crippen LogP contribution < -0.4 is 0 Å². The van der Waals surface area contributed by atoms with E-state index in [1.807, 2.05) is 66.7 Å². The van der Waals surface area contributed by atoms with Crippen molar-refractivity contribution in [2.45, 2.75) is 0 Å². The van der Waals surface area contributed by atoms with Crippen molar-refractivity contribution in [3.8, 4) is 39.8 Å². The predicted octanol–water partition coefficient (Wildman–Crippen LogP) is 5.51. The molecule has 0 saturated heterocycles. The summed E-state index contributed by atoms with van der Waals surface area (Å²) >= 11 is 0. The van der Waals surface area contributed by atoms with Gasteiger partial charge in [0.25, 0.3) is 5.69 Å². The Morgan fingerprint density at radius 3 is 2.06 bits per heavy atom. The molecule has 32 heavy (non-hydrogen) atoms. The normalized spacial score (nSPS) is 10.7. The van der Waals surface area contributed by atoms with Crippen molar-refractivity contribution in [3.63, 3.8) is 0 Å². The van der Waals surface area contributed by atoms with Crippen LogP contribution in [0.5, 0.6) is 0 Å². The van der Waals surface area contributed by atoms with Gasteiger partial charge in [0.2, 0.25) is 0 Å². The first-order chi connectivity index (χ1) is 15.7. The van der Waals surface area contributed by atoms with E-state index < -0.39 is 4.92 Å². The second-order valence-corrected chi connectivity index (χ2v) is 7.14. The third-order valence-electron chi connectivity index (χ3n) is 5.21. The number of nitro groups is 1. The Balaban J connectivity index is 1.81. The maximum absolute atomic E-state index is 11.1. The summed E-state index contributed by atoms with van der Waals surface area (Å²) in [6.45, 7) is 0. The SMILES string of the molecule is N#Cc1c(-c2ccc([N+](=O)[O-])cc2)cc(-c2ccccc2)n2nc(-c3ccccc3)nc12. The van der Waals surface area contributed by atoms with Gasteiger partial charge in [-0.1, -0.05) is 60.7 Å². The Morgan fingerprint density at radius 2 is 1.47 bits per heavy atom. The van der Waals surface area contributed by atoms with Crippen LogP contribution in [0.15, 0.2) is 91.0 Å². The molecular weight excluding hydrogens is 402 g/mol. The van der Waals surface area contributed by atoms with E-state index in [-0.39, 0.29) is 5.69 Å². The van der Waals surface area contributed by atoms with Gasteiger partial charge in [0, 0.05) is 28.8 Å². The molecule has 5 rings (SSSR count). The average Bonchev–Trinajstić information content (AvgIpc) is 3.29. The summed E-state index contributed by atoms with van der Waals surface area (Å²) in [5, 5.41) is 25.8. The van der Waals surface area contributed by atoms with E-state index in [9.17, 15) is 15.4 Å². The molecule has 0 aliphatic heterocycles. The van der Waals surface area contributed by atoms with Crippen LogP contribution in [0.4, 0.5) is 5.69 Å². The lowest BCUT2D eigenvalue weighted by Crippen LogP contribution is -1.99. The Kier molecular flexibility index (Phi) is 4.66. The van der Waals surface area contributed by atoms with Crippen molar-refractivity contribution in [2.24, 2.45) is 0 Å². The molecule has 5 aromatic rings. The molecule has 0 saturated carbocycles. The molecular formula is C25H15N5O2. The van der Waals surface area contributed by atoms with E-state index in [4.69, 9.17) is 10.1 Å². The Hall–Kier alpha value is -4.83. The summed E-state index contributed by atoms with van der Waals surface area (Å²) in [7, 11) is 0. The maximum atomic E-state index is 11.1. The third kappa shape index (κ3) is 3.26. The minimum atomic E-state index is -0.446.